The van der Waals surface area contributed by atoms with Gasteiger partial charge < -0.3 is 15.5 Å². The predicted octanol–water partition coefficient (Wildman–Crippen LogP) is 1.23. The molecule has 0 aromatic heterocycles. The smallest absolute Gasteiger partial charge is 0.334 e. The van der Waals surface area contributed by atoms with Crippen LogP contribution in [0, 0.1) is 3.57 Å². The molecule has 0 aliphatic heterocycles. The van der Waals surface area contributed by atoms with E-state index < -0.39 is 18.0 Å². The Hall–Kier alpha value is -0.670. The quantitative estimate of drug-likeness (QED) is 0.648. The number of carbonyl (C=O) groups is 2. The fourth-order valence-electron chi connectivity index (χ4n) is 1.04. The maximum absolute atomic E-state index is 11.7. The van der Waals surface area contributed by atoms with Crippen molar-refractivity contribution in [1.82, 2.24) is 5.32 Å². The van der Waals surface area contributed by atoms with E-state index in [-0.39, 0.29) is 6.54 Å². The molecule has 0 heterocycles. The standard InChI is InChI=1S/C10H9BrINO4/c11-7-2-1-5(12)3-6(7)9(15)13-4-8(14)10(16)17/h1-3,8,14H,4H2,(H,13,15)(H,16,17)/t8-/m0/s1. The van der Waals surface area contributed by atoms with E-state index in [0.717, 1.165) is 3.57 Å². The van der Waals surface area contributed by atoms with Crippen molar-refractivity contribution in [3.8, 4) is 0 Å². The maximum atomic E-state index is 11.7. The summed E-state index contributed by atoms with van der Waals surface area (Å²) in [5.74, 6) is -1.80. The summed E-state index contributed by atoms with van der Waals surface area (Å²) in [6.45, 7) is -0.327. The molecule has 0 spiro atoms. The third-order valence-corrected chi connectivity index (χ3v) is 3.28. The van der Waals surface area contributed by atoms with Gasteiger partial charge in [0.25, 0.3) is 5.91 Å². The highest BCUT2D eigenvalue weighted by Crippen LogP contribution is 2.19. The molecule has 5 nitrogen and oxygen atoms in total. The molecule has 1 rings (SSSR count). The van der Waals surface area contributed by atoms with Crippen molar-refractivity contribution < 1.29 is 19.8 Å². The first-order valence-electron chi connectivity index (χ1n) is 4.56. The van der Waals surface area contributed by atoms with Gasteiger partial charge in [-0.1, -0.05) is 0 Å². The van der Waals surface area contributed by atoms with Crippen LogP contribution in [0.15, 0.2) is 22.7 Å². The van der Waals surface area contributed by atoms with Crippen LogP contribution in [0.2, 0.25) is 0 Å². The average Bonchev–Trinajstić information content (AvgIpc) is 2.28. The van der Waals surface area contributed by atoms with E-state index in [1.54, 1.807) is 12.1 Å². The number of benzene rings is 1. The molecular formula is C10H9BrINO4. The molecule has 17 heavy (non-hydrogen) atoms. The molecule has 92 valence electrons. The maximum Gasteiger partial charge on any atom is 0.334 e. The van der Waals surface area contributed by atoms with Crippen LogP contribution in [-0.2, 0) is 4.79 Å². The van der Waals surface area contributed by atoms with Gasteiger partial charge in [-0.05, 0) is 56.7 Å². The zero-order valence-electron chi connectivity index (χ0n) is 8.48. The number of rotatable bonds is 4. The lowest BCUT2D eigenvalue weighted by Crippen LogP contribution is -2.36. The largest absolute Gasteiger partial charge is 0.479 e. The molecule has 0 saturated carbocycles. The number of aliphatic hydroxyl groups excluding tert-OH is 1. The number of hydrogen-bond donors (Lipinski definition) is 3. The topological polar surface area (TPSA) is 86.6 Å². The summed E-state index contributed by atoms with van der Waals surface area (Å²) >= 11 is 5.29. The van der Waals surface area contributed by atoms with Gasteiger partial charge in [-0.25, -0.2) is 4.79 Å². The van der Waals surface area contributed by atoms with Gasteiger partial charge >= 0.3 is 5.97 Å². The first-order chi connectivity index (χ1) is 7.91. The molecule has 0 radical (unpaired) electrons. The monoisotopic (exact) mass is 413 g/mol. The molecule has 0 aliphatic carbocycles. The molecule has 1 aromatic carbocycles. The molecule has 0 fully saturated rings. The van der Waals surface area contributed by atoms with E-state index in [9.17, 15) is 9.59 Å². The van der Waals surface area contributed by atoms with Crippen molar-refractivity contribution in [3.05, 3.63) is 31.8 Å². The predicted molar refractivity (Wildman–Crippen MR) is 72.8 cm³/mol. The Morgan fingerprint density at radius 2 is 2.12 bits per heavy atom. The molecule has 1 atom stereocenters. The average molecular weight is 414 g/mol. The number of aliphatic carboxylic acids is 1. The summed E-state index contributed by atoms with van der Waals surface area (Å²) in [5, 5.41) is 19.8. The van der Waals surface area contributed by atoms with Crippen LogP contribution in [0.3, 0.4) is 0 Å². The third-order valence-electron chi connectivity index (χ3n) is 1.91. The highest BCUT2D eigenvalue weighted by atomic mass is 127. The first-order valence-corrected chi connectivity index (χ1v) is 6.43. The fourth-order valence-corrected chi connectivity index (χ4v) is 1.96. The summed E-state index contributed by atoms with van der Waals surface area (Å²) < 4.78 is 1.50. The Bertz CT molecular complexity index is 452. The van der Waals surface area contributed by atoms with Crippen LogP contribution in [-0.4, -0.2) is 34.7 Å². The molecule has 0 unspecified atom stereocenters. The number of carboxylic acids is 1. The van der Waals surface area contributed by atoms with E-state index in [2.05, 4.69) is 43.8 Å². The Kier molecular flexibility index (Phi) is 5.34. The summed E-state index contributed by atoms with van der Waals surface area (Å²) in [4.78, 5) is 22.1. The normalized spacial score (nSPS) is 11.9. The molecule has 7 heteroatoms. The third kappa shape index (κ3) is 4.25. The summed E-state index contributed by atoms with van der Waals surface area (Å²) in [6, 6.07) is 5.21. The van der Waals surface area contributed by atoms with Gasteiger partial charge in [-0.15, -0.1) is 0 Å². The number of aliphatic hydroxyl groups is 1. The van der Waals surface area contributed by atoms with Crippen LogP contribution < -0.4 is 5.32 Å². The van der Waals surface area contributed by atoms with Crippen LogP contribution in [0.25, 0.3) is 0 Å². The highest BCUT2D eigenvalue weighted by Gasteiger charge is 2.16. The zero-order valence-corrected chi connectivity index (χ0v) is 12.2. The van der Waals surface area contributed by atoms with Crippen LogP contribution in [0.5, 0.6) is 0 Å². The highest BCUT2D eigenvalue weighted by molar-refractivity contribution is 14.1. The Morgan fingerprint density at radius 3 is 2.71 bits per heavy atom. The summed E-state index contributed by atoms with van der Waals surface area (Å²) in [5.41, 5.74) is 0.398. The molecule has 0 aliphatic rings. The van der Waals surface area contributed by atoms with Gasteiger partial charge in [0.1, 0.15) is 0 Å². The van der Waals surface area contributed by atoms with Gasteiger partial charge in [-0.3, -0.25) is 4.79 Å². The van der Waals surface area contributed by atoms with E-state index in [0.29, 0.717) is 10.0 Å². The lowest BCUT2D eigenvalue weighted by Gasteiger charge is -2.09. The Morgan fingerprint density at radius 1 is 1.47 bits per heavy atom. The van der Waals surface area contributed by atoms with E-state index in [4.69, 9.17) is 10.2 Å². The van der Waals surface area contributed by atoms with E-state index in [1.807, 2.05) is 6.07 Å². The van der Waals surface area contributed by atoms with Crippen LogP contribution >= 0.6 is 38.5 Å². The molecule has 1 aromatic rings. The molecular weight excluding hydrogens is 405 g/mol. The van der Waals surface area contributed by atoms with E-state index >= 15 is 0 Å². The lowest BCUT2D eigenvalue weighted by molar-refractivity contribution is -0.146. The number of carbonyl (C=O) groups excluding carboxylic acids is 1. The second-order valence-corrected chi connectivity index (χ2v) is 5.29. The second kappa shape index (κ2) is 6.31. The van der Waals surface area contributed by atoms with Crippen LogP contribution in [0.1, 0.15) is 10.4 Å². The number of nitrogens with one attached hydrogen (secondary N) is 1. The van der Waals surface area contributed by atoms with Gasteiger partial charge in [0.2, 0.25) is 0 Å². The second-order valence-electron chi connectivity index (χ2n) is 3.19. The molecule has 0 bridgehead atoms. The minimum Gasteiger partial charge on any atom is -0.479 e. The van der Waals surface area contributed by atoms with Crippen molar-refractivity contribution in [2.24, 2.45) is 0 Å². The Labute approximate surface area is 119 Å². The molecule has 3 N–H and O–H groups in total. The number of amides is 1. The number of carboxylic acid groups (broad SMARTS) is 1. The van der Waals surface area contributed by atoms with Gasteiger partial charge in [0, 0.05) is 8.04 Å². The first kappa shape index (κ1) is 14.4. The molecule has 0 saturated heterocycles. The van der Waals surface area contributed by atoms with Crippen molar-refractivity contribution >= 4 is 50.4 Å². The summed E-state index contributed by atoms with van der Waals surface area (Å²) in [6.07, 6.45) is -1.60. The van der Waals surface area contributed by atoms with Crippen molar-refractivity contribution in [2.45, 2.75) is 6.10 Å². The SMILES string of the molecule is O=C(NC[C@H](O)C(=O)O)c1cc(I)ccc1Br. The van der Waals surface area contributed by atoms with E-state index in [1.165, 1.54) is 0 Å². The van der Waals surface area contributed by atoms with Gasteiger partial charge in [0.15, 0.2) is 6.10 Å². The lowest BCUT2D eigenvalue weighted by atomic mass is 10.2. The van der Waals surface area contributed by atoms with Crippen molar-refractivity contribution in [1.29, 1.82) is 0 Å². The fraction of sp³-hybridized carbons (Fsp3) is 0.200. The summed E-state index contributed by atoms with van der Waals surface area (Å²) in [7, 11) is 0. The molecule has 1 amide bonds. The van der Waals surface area contributed by atoms with Crippen molar-refractivity contribution in [2.75, 3.05) is 6.54 Å². The van der Waals surface area contributed by atoms with Gasteiger partial charge in [-0.2, -0.15) is 0 Å². The van der Waals surface area contributed by atoms with Crippen molar-refractivity contribution in [3.63, 3.8) is 0 Å². The minimum absolute atomic E-state index is 0.327. The zero-order chi connectivity index (χ0) is 13.0. The number of halogens is 2. The Balaban J connectivity index is 2.70. The number of hydrogen-bond acceptors (Lipinski definition) is 3. The van der Waals surface area contributed by atoms with Gasteiger partial charge in [0.05, 0.1) is 12.1 Å². The van der Waals surface area contributed by atoms with Crippen LogP contribution in [0.4, 0.5) is 0 Å². The minimum atomic E-state index is -1.60.